The third-order valence-corrected chi connectivity index (χ3v) is 5.87. The monoisotopic (exact) mass is 312 g/mol. The van der Waals surface area contributed by atoms with Crippen molar-refractivity contribution in [2.45, 2.75) is 44.9 Å². The second-order valence-corrected chi connectivity index (χ2v) is 7.35. The van der Waals surface area contributed by atoms with E-state index in [9.17, 15) is 9.59 Å². The number of rotatable bonds is 4. The molecular weight excluding hydrogens is 288 g/mol. The average molecular weight is 312 g/mol. The number of nitrogens with zero attached hydrogens (tertiary/aromatic N) is 1. The molecule has 1 heterocycles. The van der Waals surface area contributed by atoms with E-state index in [4.69, 9.17) is 0 Å². The zero-order chi connectivity index (χ0) is 15.8. The molecule has 2 saturated carbocycles. The molecule has 1 saturated heterocycles. The normalized spacial score (nSPS) is 29.3. The lowest BCUT2D eigenvalue weighted by Crippen LogP contribution is -2.26. The van der Waals surface area contributed by atoms with Crippen LogP contribution in [0, 0.1) is 17.8 Å². The Balaban J connectivity index is 1.44. The van der Waals surface area contributed by atoms with Crippen LogP contribution in [0.25, 0.3) is 0 Å². The minimum absolute atomic E-state index is 0.0987. The summed E-state index contributed by atoms with van der Waals surface area (Å²) in [6.07, 6.45) is 7.36. The molecule has 0 aromatic heterocycles. The topological polar surface area (TPSA) is 49.4 Å². The van der Waals surface area contributed by atoms with Crippen LogP contribution in [0.5, 0.6) is 0 Å². The molecule has 1 aromatic carbocycles. The molecule has 1 aromatic rings. The molecule has 2 aliphatic carbocycles. The number of hydrogen-bond donors (Lipinski definition) is 1. The average Bonchev–Trinajstić information content (AvgIpc) is 3.24. The Kier molecular flexibility index (Phi) is 3.83. The van der Waals surface area contributed by atoms with Crippen molar-refractivity contribution in [1.82, 2.24) is 0 Å². The van der Waals surface area contributed by atoms with Gasteiger partial charge in [0.15, 0.2) is 0 Å². The van der Waals surface area contributed by atoms with Crippen molar-refractivity contribution < 1.29 is 9.59 Å². The van der Waals surface area contributed by atoms with Gasteiger partial charge in [-0.3, -0.25) is 9.59 Å². The van der Waals surface area contributed by atoms with Gasteiger partial charge in [-0.2, -0.15) is 0 Å². The highest BCUT2D eigenvalue weighted by molar-refractivity contribution is 6.02. The molecule has 3 fully saturated rings. The minimum Gasteiger partial charge on any atom is -0.324 e. The predicted molar refractivity (Wildman–Crippen MR) is 90.2 cm³/mol. The first-order valence-electron chi connectivity index (χ1n) is 8.90. The molecular formula is C19H24N2O2. The van der Waals surface area contributed by atoms with Crippen LogP contribution in [0.2, 0.25) is 0 Å². The van der Waals surface area contributed by atoms with E-state index in [1.165, 1.54) is 25.7 Å². The molecule has 3 atom stereocenters. The van der Waals surface area contributed by atoms with Crippen molar-refractivity contribution in [1.29, 1.82) is 0 Å². The lowest BCUT2D eigenvalue weighted by Gasteiger charge is -2.23. The van der Waals surface area contributed by atoms with Crippen LogP contribution in [-0.2, 0) is 9.59 Å². The van der Waals surface area contributed by atoms with Gasteiger partial charge >= 0.3 is 0 Å². The summed E-state index contributed by atoms with van der Waals surface area (Å²) in [5, 5.41) is 3.06. The largest absolute Gasteiger partial charge is 0.324 e. The van der Waals surface area contributed by atoms with Crippen molar-refractivity contribution in [3.63, 3.8) is 0 Å². The van der Waals surface area contributed by atoms with Crippen LogP contribution in [0.15, 0.2) is 24.3 Å². The fourth-order valence-electron chi connectivity index (χ4n) is 4.78. The number of amides is 2. The van der Waals surface area contributed by atoms with Gasteiger partial charge in [0, 0.05) is 19.4 Å². The second kappa shape index (κ2) is 5.99. The van der Waals surface area contributed by atoms with Gasteiger partial charge in [0.2, 0.25) is 11.8 Å². The number of anilines is 2. The SMILES string of the molecule is O=C(CC1CC2CCC1C2)Nc1ccccc1N1CCCC1=O. The van der Waals surface area contributed by atoms with E-state index in [-0.39, 0.29) is 11.8 Å². The lowest BCUT2D eigenvalue weighted by atomic mass is 9.86. The zero-order valence-electron chi connectivity index (χ0n) is 13.5. The van der Waals surface area contributed by atoms with Gasteiger partial charge in [0.1, 0.15) is 0 Å². The molecule has 0 radical (unpaired) electrons. The van der Waals surface area contributed by atoms with Crippen LogP contribution in [0.3, 0.4) is 0 Å². The Hall–Kier alpha value is -1.84. The number of fused-ring (bicyclic) bond motifs is 2. The maximum absolute atomic E-state index is 12.5. The Bertz CT molecular complexity index is 628. The molecule has 1 N–H and O–H groups in total. The molecule has 4 nitrogen and oxygen atoms in total. The third kappa shape index (κ3) is 2.87. The second-order valence-electron chi connectivity index (χ2n) is 7.35. The van der Waals surface area contributed by atoms with Gasteiger partial charge in [-0.1, -0.05) is 18.6 Å². The molecule has 0 spiro atoms. The van der Waals surface area contributed by atoms with Crippen LogP contribution >= 0.6 is 0 Å². The van der Waals surface area contributed by atoms with Crippen LogP contribution < -0.4 is 10.2 Å². The van der Waals surface area contributed by atoms with E-state index in [1.807, 2.05) is 24.3 Å². The Morgan fingerprint density at radius 3 is 2.78 bits per heavy atom. The quantitative estimate of drug-likeness (QED) is 0.924. The smallest absolute Gasteiger partial charge is 0.227 e. The number of nitrogens with one attached hydrogen (secondary N) is 1. The molecule has 2 bridgehead atoms. The maximum Gasteiger partial charge on any atom is 0.227 e. The van der Waals surface area contributed by atoms with Gasteiger partial charge in [0.25, 0.3) is 0 Å². The molecule has 4 heteroatoms. The summed E-state index contributed by atoms with van der Waals surface area (Å²) in [4.78, 5) is 26.3. The zero-order valence-corrected chi connectivity index (χ0v) is 13.5. The fourth-order valence-corrected chi connectivity index (χ4v) is 4.78. The van der Waals surface area contributed by atoms with Crippen molar-refractivity contribution in [2.24, 2.45) is 17.8 Å². The summed E-state index contributed by atoms with van der Waals surface area (Å²) in [5.41, 5.74) is 1.62. The third-order valence-electron chi connectivity index (χ3n) is 5.87. The van der Waals surface area contributed by atoms with Gasteiger partial charge in [-0.05, 0) is 55.6 Å². The van der Waals surface area contributed by atoms with Crippen LogP contribution in [0.4, 0.5) is 11.4 Å². The standard InChI is InChI=1S/C19H24N2O2/c22-18(12-15-11-13-7-8-14(15)10-13)20-16-4-1-2-5-17(16)21-9-3-6-19(21)23/h1-2,4-5,13-15H,3,6-12H2,(H,20,22). The summed E-state index contributed by atoms with van der Waals surface area (Å²) >= 11 is 0. The maximum atomic E-state index is 12.5. The highest BCUT2D eigenvalue weighted by Crippen LogP contribution is 2.49. The molecule has 3 aliphatic rings. The van der Waals surface area contributed by atoms with Crippen molar-refractivity contribution in [2.75, 3.05) is 16.8 Å². The highest BCUT2D eigenvalue weighted by atomic mass is 16.2. The number of hydrogen-bond acceptors (Lipinski definition) is 2. The van der Waals surface area contributed by atoms with Gasteiger partial charge in [-0.15, -0.1) is 0 Å². The molecule has 2 amide bonds. The van der Waals surface area contributed by atoms with E-state index in [0.717, 1.165) is 36.2 Å². The molecule has 1 aliphatic heterocycles. The van der Waals surface area contributed by atoms with E-state index in [2.05, 4.69) is 5.32 Å². The van der Waals surface area contributed by atoms with Gasteiger partial charge in [0.05, 0.1) is 11.4 Å². The fraction of sp³-hybridized carbons (Fsp3) is 0.579. The summed E-state index contributed by atoms with van der Waals surface area (Å²) < 4.78 is 0. The van der Waals surface area contributed by atoms with Crippen molar-refractivity contribution >= 4 is 23.2 Å². The molecule has 122 valence electrons. The highest BCUT2D eigenvalue weighted by Gasteiger charge is 2.40. The number of carbonyl (C=O) groups is 2. The van der Waals surface area contributed by atoms with E-state index in [0.29, 0.717) is 18.8 Å². The molecule has 4 rings (SSSR count). The first kappa shape index (κ1) is 14.7. The van der Waals surface area contributed by atoms with E-state index in [1.54, 1.807) is 4.90 Å². The summed E-state index contributed by atoms with van der Waals surface area (Å²) in [6.45, 7) is 0.748. The van der Waals surface area contributed by atoms with E-state index < -0.39 is 0 Å². The summed E-state index contributed by atoms with van der Waals surface area (Å²) in [5.74, 6) is 2.45. The first-order valence-corrected chi connectivity index (χ1v) is 8.90. The Morgan fingerprint density at radius 1 is 1.22 bits per heavy atom. The molecule has 23 heavy (non-hydrogen) atoms. The van der Waals surface area contributed by atoms with Crippen LogP contribution in [-0.4, -0.2) is 18.4 Å². The van der Waals surface area contributed by atoms with Crippen molar-refractivity contribution in [3.05, 3.63) is 24.3 Å². The summed E-state index contributed by atoms with van der Waals surface area (Å²) in [6, 6.07) is 7.67. The van der Waals surface area contributed by atoms with Crippen LogP contribution in [0.1, 0.15) is 44.9 Å². The number of carbonyl (C=O) groups excluding carboxylic acids is 2. The Morgan fingerprint density at radius 2 is 2.09 bits per heavy atom. The summed E-state index contributed by atoms with van der Waals surface area (Å²) in [7, 11) is 0. The lowest BCUT2D eigenvalue weighted by molar-refractivity contribution is -0.118. The van der Waals surface area contributed by atoms with Crippen molar-refractivity contribution in [3.8, 4) is 0 Å². The number of benzene rings is 1. The first-order chi connectivity index (χ1) is 11.2. The predicted octanol–water partition coefficient (Wildman–Crippen LogP) is 3.58. The molecule has 3 unspecified atom stereocenters. The van der Waals surface area contributed by atoms with Gasteiger partial charge < -0.3 is 10.2 Å². The minimum atomic E-state index is 0.0987. The van der Waals surface area contributed by atoms with Gasteiger partial charge in [-0.25, -0.2) is 0 Å². The Labute approximate surface area is 137 Å². The number of para-hydroxylation sites is 2. The van der Waals surface area contributed by atoms with E-state index >= 15 is 0 Å².